The van der Waals surface area contributed by atoms with Crippen LogP contribution in [0.2, 0.25) is 0 Å². The van der Waals surface area contributed by atoms with Gasteiger partial charge in [-0.15, -0.1) is 0 Å². The zero-order valence-electron chi connectivity index (χ0n) is 18.3. The number of nitrogens with one attached hydrogen (secondary N) is 2. The number of aryl methyl sites for hydroxylation is 2. The van der Waals surface area contributed by atoms with E-state index in [9.17, 15) is 0 Å². The molecule has 0 atom stereocenters. The topological polar surface area (TPSA) is 123 Å². The van der Waals surface area contributed by atoms with Gasteiger partial charge in [-0.2, -0.15) is 0 Å². The molecule has 10 heteroatoms. The first-order valence-corrected chi connectivity index (χ1v) is 8.88. The molecule has 0 spiro atoms. The zero-order chi connectivity index (χ0) is 21.4. The van der Waals surface area contributed by atoms with Crippen LogP contribution in [0.1, 0.15) is 39.2 Å². The zero-order valence-corrected chi connectivity index (χ0v) is 20.9. The van der Waals surface area contributed by atoms with Crippen molar-refractivity contribution in [3.05, 3.63) is 60.1 Å². The normalized spacial score (nSPS) is 11.8. The van der Waals surface area contributed by atoms with Crippen LogP contribution in [0.3, 0.4) is 0 Å². The fraction of sp³-hybridized carbons (Fsp3) is 0.400. The number of imidazole rings is 2. The van der Waals surface area contributed by atoms with E-state index >= 15 is 0 Å². The van der Waals surface area contributed by atoms with Gasteiger partial charge in [0.05, 0.1) is 30.9 Å². The van der Waals surface area contributed by atoms with Crippen LogP contribution in [0.5, 0.6) is 0 Å². The Labute approximate surface area is 199 Å². The van der Waals surface area contributed by atoms with Crippen molar-refractivity contribution in [3.8, 4) is 0 Å². The molecule has 0 bridgehead atoms. The molecular weight excluding hydrogens is 495 g/mol. The fourth-order valence-electron chi connectivity index (χ4n) is 1.82. The van der Waals surface area contributed by atoms with Gasteiger partial charge in [-0.25, -0.2) is 9.97 Å². The van der Waals surface area contributed by atoms with Gasteiger partial charge in [-0.1, -0.05) is 0 Å². The second kappa shape index (κ2) is 20.1. The number of aromatic nitrogens is 4. The van der Waals surface area contributed by atoms with Crippen molar-refractivity contribution in [1.82, 2.24) is 19.9 Å². The Hall–Kier alpha value is -2.17. The van der Waals surface area contributed by atoms with Crippen LogP contribution in [0, 0.1) is 13.8 Å². The molecule has 0 aliphatic rings. The molecule has 0 amide bonds. The first-order chi connectivity index (χ1) is 13.2. The summed E-state index contributed by atoms with van der Waals surface area (Å²) >= 11 is 0. The smallest absolute Gasteiger partial charge is 0.102 e. The summed E-state index contributed by atoms with van der Waals surface area (Å²) in [7, 11) is 0. The minimum atomic E-state index is 0. The van der Waals surface area contributed by atoms with E-state index in [0.717, 1.165) is 22.9 Å². The molecule has 0 aliphatic carbocycles. The van der Waals surface area contributed by atoms with Gasteiger partial charge in [-0.3, -0.25) is 9.98 Å². The van der Waals surface area contributed by atoms with Gasteiger partial charge in [-0.05, 0) is 53.7 Å². The van der Waals surface area contributed by atoms with Crippen molar-refractivity contribution in [2.24, 2.45) is 9.98 Å². The Bertz CT molecular complexity index is 695. The second-order valence-electron chi connectivity index (χ2n) is 6.03. The van der Waals surface area contributed by atoms with E-state index in [2.05, 4.69) is 29.9 Å². The Morgan fingerprint density at radius 3 is 1.67 bits per heavy atom. The molecule has 0 unspecified atom stereocenters. The molecule has 2 aromatic rings. The third-order valence-corrected chi connectivity index (χ3v) is 2.93. The summed E-state index contributed by atoms with van der Waals surface area (Å²) in [6.45, 7) is 11.9. The van der Waals surface area contributed by atoms with Crippen LogP contribution in [0.25, 0.3) is 0 Å². The van der Waals surface area contributed by atoms with Crippen molar-refractivity contribution >= 4 is 11.4 Å². The molecule has 4 N–H and O–H groups in total. The van der Waals surface area contributed by atoms with E-state index in [1.165, 1.54) is 0 Å². The summed E-state index contributed by atoms with van der Waals surface area (Å²) in [5, 5.41) is 18.0. The molecule has 2 rings (SSSR count). The van der Waals surface area contributed by atoms with Crippen LogP contribution in [0.4, 0.5) is 0 Å². The minimum absolute atomic E-state index is 0. The van der Waals surface area contributed by atoms with Gasteiger partial charge in [0.15, 0.2) is 0 Å². The van der Waals surface area contributed by atoms with Crippen LogP contribution in [0.15, 0.2) is 58.6 Å². The van der Waals surface area contributed by atoms with E-state index in [0.29, 0.717) is 13.1 Å². The molecule has 2 heterocycles. The summed E-state index contributed by atoms with van der Waals surface area (Å²) in [5.74, 6) is 1.47. The molecule has 0 saturated carbocycles. The minimum Gasteiger partial charge on any atom is -1.00 e. The molecule has 0 aliphatic heterocycles. The summed E-state index contributed by atoms with van der Waals surface area (Å²) in [6, 6.07) is 0. The number of allylic oxidation sites excluding steroid dienone is 4. The number of aliphatic hydroxyl groups is 2. The number of aliphatic hydroxyl groups excluding tert-OH is 2. The maximum absolute atomic E-state index is 8.98. The molecule has 0 fully saturated rings. The van der Waals surface area contributed by atoms with Gasteiger partial charge in [0.25, 0.3) is 0 Å². The fourth-order valence-corrected chi connectivity index (χ4v) is 1.82. The van der Waals surface area contributed by atoms with Crippen molar-refractivity contribution in [2.45, 2.75) is 41.5 Å². The Balaban J connectivity index is -0.000000424. The summed E-state index contributed by atoms with van der Waals surface area (Å²) in [6.07, 6.45) is 10.2. The van der Waals surface area contributed by atoms with Crippen LogP contribution >= 0.6 is 0 Å². The number of H-pyrrole nitrogens is 2. The molecule has 8 nitrogen and oxygen atoms in total. The second-order valence-corrected chi connectivity index (χ2v) is 6.03. The van der Waals surface area contributed by atoms with Crippen molar-refractivity contribution < 1.29 is 44.0 Å². The number of rotatable bonds is 5. The van der Waals surface area contributed by atoms with E-state index in [1.807, 2.05) is 27.7 Å². The number of aromatic amines is 2. The Morgan fingerprint density at radius 2 is 1.47 bits per heavy atom. The molecule has 0 aromatic carbocycles. The van der Waals surface area contributed by atoms with Crippen LogP contribution < -0.4 is 17.0 Å². The molecule has 30 heavy (non-hydrogen) atoms. The predicted octanol–water partition coefficient (Wildman–Crippen LogP) is 1.27. The Morgan fingerprint density at radius 1 is 0.967 bits per heavy atom. The van der Waals surface area contributed by atoms with Gasteiger partial charge < -0.3 is 37.2 Å². The third kappa shape index (κ3) is 22.1. The number of nitrogens with zero attached hydrogens (tertiary/aromatic N) is 4. The predicted molar refractivity (Wildman–Crippen MR) is 115 cm³/mol. The Kier molecular flexibility index (Phi) is 21.8. The van der Waals surface area contributed by atoms with Crippen molar-refractivity contribution in [3.63, 3.8) is 0 Å². The van der Waals surface area contributed by atoms with Gasteiger partial charge in [0, 0.05) is 52.5 Å². The molecule has 171 valence electrons. The number of aliphatic imine (C=N–C) groups is 2. The number of halogens is 1. The quantitative estimate of drug-likeness (QED) is 0.266. The average molecular weight is 527 g/mol. The van der Waals surface area contributed by atoms with Crippen LogP contribution in [-0.4, -0.2) is 54.7 Å². The average Bonchev–Trinajstić information content (AvgIpc) is 3.25. The van der Waals surface area contributed by atoms with E-state index in [-0.39, 0.29) is 45.3 Å². The molecule has 2 aromatic heterocycles. The standard InChI is InChI=1S/C12H20N2O2.2C4H6N2.BrH.Co/c1-9(7-11(3)15)13-5-6-14-10(2)8-12(4)16;1-4-2-5-3-6-4;1-4-5-2-3-6-4;;/h7-8,15-16H,5-6H2,1-4H3;2*2-3H,1H3,(H,5,6);1H;/p-1/b11-7-,12-8-,13-9?,14-10?;;;;. The molecular formula is C20H32BrCoN6O2-. The van der Waals surface area contributed by atoms with Gasteiger partial charge >= 0.3 is 0 Å². The van der Waals surface area contributed by atoms with Gasteiger partial charge in [0.1, 0.15) is 5.82 Å². The monoisotopic (exact) mass is 526 g/mol. The SMILES string of the molecule is CC(/C=C(/C)O)=NCCN=C(C)/C=C(/C)O.Cc1cnc[nH]1.Cc1ncc[nH]1.[Br-].[Co]. The van der Waals surface area contributed by atoms with E-state index < -0.39 is 0 Å². The maximum atomic E-state index is 8.98. The van der Waals surface area contributed by atoms with Gasteiger partial charge in [0.2, 0.25) is 0 Å². The summed E-state index contributed by atoms with van der Waals surface area (Å²) < 4.78 is 0. The van der Waals surface area contributed by atoms with E-state index in [4.69, 9.17) is 10.2 Å². The number of hydrogen-bond donors (Lipinski definition) is 4. The largest absolute Gasteiger partial charge is 1.00 e. The summed E-state index contributed by atoms with van der Waals surface area (Å²) in [4.78, 5) is 21.8. The molecule has 0 saturated heterocycles. The molecule has 1 radical (unpaired) electrons. The maximum Gasteiger partial charge on any atom is 0.102 e. The number of hydrogen-bond acceptors (Lipinski definition) is 6. The third-order valence-electron chi connectivity index (χ3n) is 2.93. The first kappa shape index (κ1) is 32.5. The summed E-state index contributed by atoms with van der Waals surface area (Å²) in [5.41, 5.74) is 2.67. The van der Waals surface area contributed by atoms with Crippen LogP contribution in [-0.2, 0) is 16.8 Å². The first-order valence-electron chi connectivity index (χ1n) is 8.88. The van der Waals surface area contributed by atoms with Crippen molar-refractivity contribution in [2.75, 3.05) is 13.1 Å². The van der Waals surface area contributed by atoms with Crippen molar-refractivity contribution in [1.29, 1.82) is 0 Å². The van der Waals surface area contributed by atoms with E-state index in [1.54, 1.807) is 50.9 Å².